The third-order valence-electron chi connectivity index (χ3n) is 3.68. The van der Waals surface area contributed by atoms with Crippen molar-refractivity contribution in [2.24, 2.45) is 11.7 Å². The molecule has 3 rings (SSSR count). The quantitative estimate of drug-likeness (QED) is 0.925. The molecule has 2 aromatic rings. The maximum atomic E-state index is 12.1. The van der Waals surface area contributed by atoms with Gasteiger partial charge in [-0.15, -0.1) is 0 Å². The lowest BCUT2D eigenvalue weighted by molar-refractivity contribution is -0.117. The number of nitrogens with zero attached hydrogens (tertiary/aromatic N) is 1. The Bertz CT molecular complexity index is 641. The third-order valence-corrected chi connectivity index (χ3v) is 4.37. The van der Waals surface area contributed by atoms with Gasteiger partial charge in [0.2, 0.25) is 5.91 Å². The Morgan fingerprint density at radius 3 is 2.63 bits per heavy atom. The van der Waals surface area contributed by atoms with Crippen molar-refractivity contribution < 1.29 is 4.79 Å². The number of benzene rings is 2. The van der Waals surface area contributed by atoms with Crippen molar-refractivity contribution >= 4 is 38.3 Å². The molecular formula is C15H15BrN2O. The smallest absolute Gasteiger partial charge is 0.227 e. The molecule has 1 saturated heterocycles. The Hall–Kier alpha value is -1.39. The first-order valence-corrected chi connectivity index (χ1v) is 7.17. The normalized spacial score (nSPS) is 19.4. The molecule has 1 unspecified atom stereocenters. The molecule has 1 aliphatic rings. The van der Waals surface area contributed by atoms with E-state index in [4.69, 9.17) is 5.73 Å². The van der Waals surface area contributed by atoms with Crippen LogP contribution in [0.5, 0.6) is 0 Å². The number of carbonyl (C=O) groups excluding carboxylic acids is 1. The SMILES string of the molecule is NCC1CC(=O)N(c2ccc(Br)c3ccccc23)C1. The molecule has 0 saturated carbocycles. The molecule has 4 heteroatoms. The largest absolute Gasteiger partial charge is 0.330 e. The Morgan fingerprint density at radius 2 is 1.95 bits per heavy atom. The predicted molar refractivity (Wildman–Crippen MR) is 81.2 cm³/mol. The van der Waals surface area contributed by atoms with Gasteiger partial charge in [0.05, 0.1) is 5.69 Å². The lowest BCUT2D eigenvalue weighted by Gasteiger charge is -2.19. The molecule has 1 fully saturated rings. The molecule has 0 aromatic heterocycles. The highest BCUT2D eigenvalue weighted by Crippen LogP contribution is 2.35. The zero-order chi connectivity index (χ0) is 13.4. The standard InChI is InChI=1S/C15H15BrN2O/c16-13-5-6-14(12-4-2-1-3-11(12)13)18-9-10(8-17)7-15(18)19/h1-6,10H,7-9,17H2. The molecule has 19 heavy (non-hydrogen) atoms. The summed E-state index contributed by atoms with van der Waals surface area (Å²) in [6.07, 6.45) is 0.556. The molecule has 98 valence electrons. The monoisotopic (exact) mass is 318 g/mol. The molecule has 0 radical (unpaired) electrons. The van der Waals surface area contributed by atoms with E-state index in [1.165, 1.54) is 0 Å². The number of fused-ring (bicyclic) bond motifs is 1. The van der Waals surface area contributed by atoms with Crippen molar-refractivity contribution in [2.75, 3.05) is 18.0 Å². The number of rotatable bonds is 2. The fourth-order valence-corrected chi connectivity index (χ4v) is 3.13. The highest BCUT2D eigenvalue weighted by molar-refractivity contribution is 9.10. The molecule has 1 heterocycles. The first-order chi connectivity index (χ1) is 9.20. The van der Waals surface area contributed by atoms with Crippen molar-refractivity contribution in [3.05, 3.63) is 40.9 Å². The van der Waals surface area contributed by atoms with E-state index in [1.807, 2.05) is 29.2 Å². The Morgan fingerprint density at radius 1 is 1.21 bits per heavy atom. The van der Waals surface area contributed by atoms with Crippen LogP contribution in [0.3, 0.4) is 0 Å². The highest BCUT2D eigenvalue weighted by atomic mass is 79.9. The van der Waals surface area contributed by atoms with Crippen LogP contribution in [0.4, 0.5) is 5.69 Å². The number of nitrogens with two attached hydrogens (primary N) is 1. The Balaban J connectivity index is 2.11. The minimum atomic E-state index is 0.169. The van der Waals surface area contributed by atoms with Crippen LogP contribution in [-0.2, 0) is 4.79 Å². The van der Waals surface area contributed by atoms with Gasteiger partial charge in [-0.05, 0) is 30.0 Å². The maximum absolute atomic E-state index is 12.1. The summed E-state index contributed by atoms with van der Waals surface area (Å²) in [5.41, 5.74) is 6.67. The van der Waals surface area contributed by atoms with Gasteiger partial charge in [-0.3, -0.25) is 4.79 Å². The Kier molecular flexibility index (Phi) is 3.29. The van der Waals surface area contributed by atoms with Gasteiger partial charge in [0.1, 0.15) is 0 Å². The molecule has 0 aliphatic carbocycles. The molecular weight excluding hydrogens is 304 g/mol. The minimum Gasteiger partial charge on any atom is -0.330 e. The number of carbonyl (C=O) groups is 1. The number of halogens is 1. The first-order valence-electron chi connectivity index (χ1n) is 6.38. The van der Waals surface area contributed by atoms with Gasteiger partial charge in [-0.2, -0.15) is 0 Å². The van der Waals surface area contributed by atoms with Crippen LogP contribution in [0, 0.1) is 5.92 Å². The van der Waals surface area contributed by atoms with Gasteiger partial charge in [0, 0.05) is 22.8 Å². The average molecular weight is 319 g/mol. The van der Waals surface area contributed by atoms with Crippen molar-refractivity contribution in [1.82, 2.24) is 0 Å². The summed E-state index contributed by atoms with van der Waals surface area (Å²) in [5, 5.41) is 2.23. The average Bonchev–Trinajstić information content (AvgIpc) is 2.81. The van der Waals surface area contributed by atoms with Gasteiger partial charge in [0.25, 0.3) is 0 Å². The van der Waals surface area contributed by atoms with Crippen LogP contribution < -0.4 is 10.6 Å². The van der Waals surface area contributed by atoms with Crippen molar-refractivity contribution in [2.45, 2.75) is 6.42 Å². The van der Waals surface area contributed by atoms with E-state index in [1.54, 1.807) is 0 Å². The van der Waals surface area contributed by atoms with Crippen LogP contribution in [0.1, 0.15) is 6.42 Å². The van der Waals surface area contributed by atoms with Crippen molar-refractivity contribution in [3.63, 3.8) is 0 Å². The van der Waals surface area contributed by atoms with Gasteiger partial charge in [0.15, 0.2) is 0 Å². The molecule has 0 bridgehead atoms. The summed E-state index contributed by atoms with van der Waals surface area (Å²) in [5.74, 6) is 0.442. The van der Waals surface area contributed by atoms with Crippen LogP contribution in [0.25, 0.3) is 10.8 Å². The van der Waals surface area contributed by atoms with E-state index in [0.29, 0.717) is 13.0 Å². The van der Waals surface area contributed by atoms with Gasteiger partial charge in [-0.1, -0.05) is 40.2 Å². The number of anilines is 1. The molecule has 1 amide bonds. The number of hydrogen-bond acceptors (Lipinski definition) is 2. The molecule has 0 spiro atoms. The van der Waals surface area contributed by atoms with E-state index in [0.717, 1.165) is 27.5 Å². The van der Waals surface area contributed by atoms with Crippen molar-refractivity contribution in [3.8, 4) is 0 Å². The second-order valence-electron chi connectivity index (χ2n) is 4.92. The molecule has 2 aromatic carbocycles. The van der Waals surface area contributed by atoms with Crippen LogP contribution in [0.2, 0.25) is 0 Å². The fraction of sp³-hybridized carbons (Fsp3) is 0.267. The Labute approximate surface area is 120 Å². The zero-order valence-corrected chi connectivity index (χ0v) is 12.1. The summed E-state index contributed by atoms with van der Waals surface area (Å²) in [7, 11) is 0. The number of hydrogen-bond donors (Lipinski definition) is 1. The van der Waals surface area contributed by atoms with Gasteiger partial charge < -0.3 is 10.6 Å². The maximum Gasteiger partial charge on any atom is 0.227 e. The van der Waals surface area contributed by atoms with Crippen LogP contribution in [-0.4, -0.2) is 19.0 Å². The topological polar surface area (TPSA) is 46.3 Å². The van der Waals surface area contributed by atoms with Crippen LogP contribution in [0.15, 0.2) is 40.9 Å². The second-order valence-corrected chi connectivity index (χ2v) is 5.78. The molecule has 2 N–H and O–H groups in total. The predicted octanol–water partition coefficient (Wildman–Crippen LogP) is 2.91. The van der Waals surface area contributed by atoms with E-state index >= 15 is 0 Å². The summed E-state index contributed by atoms with van der Waals surface area (Å²) < 4.78 is 1.05. The van der Waals surface area contributed by atoms with Crippen LogP contribution >= 0.6 is 15.9 Å². The van der Waals surface area contributed by atoms with E-state index < -0.39 is 0 Å². The van der Waals surface area contributed by atoms with E-state index in [-0.39, 0.29) is 11.8 Å². The fourth-order valence-electron chi connectivity index (χ4n) is 2.65. The van der Waals surface area contributed by atoms with E-state index in [9.17, 15) is 4.79 Å². The second kappa shape index (κ2) is 4.94. The molecule has 3 nitrogen and oxygen atoms in total. The molecule has 1 atom stereocenters. The van der Waals surface area contributed by atoms with Gasteiger partial charge in [-0.25, -0.2) is 0 Å². The lowest BCUT2D eigenvalue weighted by Crippen LogP contribution is -2.25. The highest BCUT2D eigenvalue weighted by Gasteiger charge is 2.30. The van der Waals surface area contributed by atoms with E-state index in [2.05, 4.69) is 28.1 Å². The lowest BCUT2D eigenvalue weighted by atomic mass is 10.1. The zero-order valence-electron chi connectivity index (χ0n) is 10.5. The first kappa shape index (κ1) is 12.6. The van der Waals surface area contributed by atoms with Crippen molar-refractivity contribution in [1.29, 1.82) is 0 Å². The number of amides is 1. The summed E-state index contributed by atoms with van der Waals surface area (Å²) in [4.78, 5) is 14.0. The third kappa shape index (κ3) is 2.15. The van der Waals surface area contributed by atoms with Gasteiger partial charge >= 0.3 is 0 Å². The minimum absolute atomic E-state index is 0.169. The summed E-state index contributed by atoms with van der Waals surface area (Å²) >= 11 is 3.56. The summed E-state index contributed by atoms with van der Waals surface area (Å²) in [6, 6.07) is 12.1. The summed E-state index contributed by atoms with van der Waals surface area (Å²) in [6.45, 7) is 1.29. The molecule has 1 aliphatic heterocycles.